The van der Waals surface area contributed by atoms with Crippen LogP contribution in [0, 0.1) is 10.1 Å². The summed E-state index contributed by atoms with van der Waals surface area (Å²) in [5, 5.41) is 13.3. The van der Waals surface area contributed by atoms with Gasteiger partial charge in [0.2, 0.25) is 0 Å². The topological polar surface area (TPSA) is 72.2 Å². The Morgan fingerprint density at radius 2 is 2.16 bits per heavy atom. The van der Waals surface area contributed by atoms with Crippen molar-refractivity contribution in [2.45, 2.75) is 18.6 Å². The van der Waals surface area contributed by atoms with Crippen LogP contribution < -0.4 is 5.32 Å². The number of benzene rings is 1. The Morgan fingerprint density at radius 1 is 1.53 bits per heavy atom. The number of nitro groups is 1. The van der Waals surface area contributed by atoms with Crippen LogP contribution in [-0.2, 0) is 0 Å². The van der Waals surface area contributed by atoms with E-state index in [0.29, 0.717) is 6.54 Å². The van der Waals surface area contributed by atoms with Gasteiger partial charge < -0.3 is 5.32 Å². The van der Waals surface area contributed by atoms with Crippen molar-refractivity contribution in [3.05, 3.63) is 38.9 Å². The molecule has 0 bridgehead atoms. The molecule has 0 unspecified atom stereocenters. The summed E-state index contributed by atoms with van der Waals surface area (Å²) in [5.41, 5.74) is -0.147. The van der Waals surface area contributed by atoms with E-state index in [-0.39, 0.29) is 21.0 Å². The van der Waals surface area contributed by atoms with Crippen molar-refractivity contribution in [1.29, 1.82) is 0 Å². The van der Waals surface area contributed by atoms with Gasteiger partial charge in [-0.25, -0.2) is 0 Å². The van der Waals surface area contributed by atoms with Crippen LogP contribution in [0.3, 0.4) is 0 Å². The third-order valence-corrected chi connectivity index (χ3v) is 4.29. The Labute approximate surface area is 120 Å². The van der Waals surface area contributed by atoms with E-state index in [2.05, 4.69) is 5.32 Å². The number of carbonyl (C=O) groups excluding carboxylic acids is 1. The van der Waals surface area contributed by atoms with E-state index >= 15 is 0 Å². The fraction of sp³-hybridized carbons (Fsp3) is 0.417. The first-order chi connectivity index (χ1) is 8.78. The largest absolute Gasteiger partial charge is 0.351 e. The number of thioether (sulfide) groups is 1. The lowest BCUT2D eigenvalue weighted by Gasteiger charge is -2.22. The maximum absolute atomic E-state index is 12.0. The molecule has 1 amide bonds. The highest BCUT2D eigenvalue weighted by Gasteiger charge is 2.22. The molecule has 0 heterocycles. The molecule has 0 aliphatic rings. The fourth-order valence-electron chi connectivity index (χ4n) is 1.30. The van der Waals surface area contributed by atoms with Gasteiger partial charge in [-0.1, -0.05) is 17.7 Å². The van der Waals surface area contributed by atoms with Crippen molar-refractivity contribution in [3.8, 4) is 0 Å². The minimum atomic E-state index is -0.606. The number of carbonyl (C=O) groups is 1. The second-order valence-corrected chi connectivity index (χ2v) is 6.43. The minimum Gasteiger partial charge on any atom is -0.351 e. The normalized spacial score (nSPS) is 11.2. The van der Waals surface area contributed by atoms with Crippen molar-refractivity contribution in [2.75, 3.05) is 12.8 Å². The van der Waals surface area contributed by atoms with E-state index < -0.39 is 10.8 Å². The van der Waals surface area contributed by atoms with Crippen LogP contribution in [0.25, 0.3) is 0 Å². The van der Waals surface area contributed by atoms with Gasteiger partial charge in [0.1, 0.15) is 5.02 Å². The minimum absolute atomic E-state index is 0.108. The van der Waals surface area contributed by atoms with Gasteiger partial charge in [0.15, 0.2) is 0 Å². The molecule has 5 nitrogen and oxygen atoms in total. The van der Waals surface area contributed by atoms with E-state index in [0.717, 1.165) is 0 Å². The summed E-state index contributed by atoms with van der Waals surface area (Å²) < 4.78 is -0.108. The predicted molar refractivity (Wildman–Crippen MR) is 78.0 cm³/mol. The monoisotopic (exact) mass is 302 g/mol. The van der Waals surface area contributed by atoms with Gasteiger partial charge in [-0.05, 0) is 26.2 Å². The number of nitrogens with zero attached hydrogens (tertiary/aromatic N) is 1. The van der Waals surface area contributed by atoms with Crippen molar-refractivity contribution in [2.24, 2.45) is 0 Å². The van der Waals surface area contributed by atoms with Crippen LogP contribution in [0.4, 0.5) is 5.69 Å². The average molecular weight is 303 g/mol. The summed E-state index contributed by atoms with van der Waals surface area (Å²) in [7, 11) is 0. The van der Waals surface area contributed by atoms with Crippen LogP contribution in [-0.4, -0.2) is 28.4 Å². The number of amides is 1. The highest BCUT2D eigenvalue weighted by molar-refractivity contribution is 7.99. The first kappa shape index (κ1) is 15.8. The molecule has 0 fully saturated rings. The van der Waals surface area contributed by atoms with E-state index in [1.807, 2.05) is 20.1 Å². The molecular formula is C12H15ClN2O3S. The standard InChI is InChI=1S/C12H15ClN2O3S/c1-12(2,19-3)7-14-11(16)8-5-4-6-9(10(8)13)15(17)18/h4-6H,7H2,1-3H3,(H,14,16). The van der Waals surface area contributed by atoms with Gasteiger partial charge in [0, 0.05) is 17.4 Å². The maximum atomic E-state index is 12.0. The Bertz CT molecular complexity index is 506. The van der Waals surface area contributed by atoms with Crippen LogP contribution >= 0.6 is 23.4 Å². The lowest BCUT2D eigenvalue weighted by Crippen LogP contribution is -2.36. The second kappa shape index (κ2) is 6.25. The van der Waals surface area contributed by atoms with E-state index in [1.54, 1.807) is 11.8 Å². The van der Waals surface area contributed by atoms with E-state index in [1.165, 1.54) is 18.2 Å². The van der Waals surface area contributed by atoms with Crippen molar-refractivity contribution in [1.82, 2.24) is 5.32 Å². The summed E-state index contributed by atoms with van der Waals surface area (Å²) in [4.78, 5) is 22.1. The molecule has 0 radical (unpaired) electrons. The first-order valence-corrected chi connectivity index (χ1v) is 7.15. The zero-order chi connectivity index (χ0) is 14.6. The molecule has 1 aromatic carbocycles. The van der Waals surface area contributed by atoms with E-state index in [4.69, 9.17) is 11.6 Å². The molecule has 0 saturated heterocycles. The van der Waals surface area contributed by atoms with Crippen LogP contribution in [0.15, 0.2) is 18.2 Å². The summed E-state index contributed by atoms with van der Waals surface area (Å²) in [6.45, 7) is 4.44. The van der Waals surface area contributed by atoms with Crippen molar-refractivity contribution >= 4 is 35.0 Å². The number of nitro benzene ring substituents is 1. The van der Waals surface area contributed by atoms with Gasteiger partial charge in [0.25, 0.3) is 11.6 Å². The molecular weight excluding hydrogens is 288 g/mol. The lowest BCUT2D eigenvalue weighted by atomic mass is 10.1. The van der Waals surface area contributed by atoms with Gasteiger partial charge in [0.05, 0.1) is 10.5 Å². The third-order valence-electron chi connectivity index (χ3n) is 2.65. The molecule has 0 spiro atoms. The SMILES string of the molecule is CSC(C)(C)CNC(=O)c1cccc([N+](=O)[O-])c1Cl. The molecule has 0 saturated carbocycles. The predicted octanol–water partition coefficient (Wildman–Crippen LogP) is 3.12. The summed E-state index contributed by atoms with van der Waals surface area (Å²) >= 11 is 7.50. The van der Waals surface area contributed by atoms with Crippen LogP contribution in [0.2, 0.25) is 5.02 Å². The molecule has 19 heavy (non-hydrogen) atoms. The molecule has 0 aliphatic carbocycles. The highest BCUT2D eigenvalue weighted by atomic mass is 35.5. The first-order valence-electron chi connectivity index (χ1n) is 5.55. The fourth-order valence-corrected chi connectivity index (χ4v) is 1.79. The number of hydrogen-bond donors (Lipinski definition) is 1. The van der Waals surface area contributed by atoms with Crippen molar-refractivity contribution in [3.63, 3.8) is 0 Å². The number of rotatable bonds is 5. The number of halogens is 1. The maximum Gasteiger partial charge on any atom is 0.288 e. The summed E-state index contributed by atoms with van der Waals surface area (Å²) in [6.07, 6.45) is 1.95. The molecule has 0 aliphatic heterocycles. The Balaban J connectivity index is 2.89. The van der Waals surface area contributed by atoms with Crippen LogP contribution in [0.1, 0.15) is 24.2 Å². The van der Waals surface area contributed by atoms with Crippen molar-refractivity contribution < 1.29 is 9.72 Å². The average Bonchev–Trinajstić information content (AvgIpc) is 2.36. The summed E-state index contributed by atoms with van der Waals surface area (Å²) in [5.74, 6) is -0.407. The third kappa shape index (κ3) is 4.11. The van der Waals surface area contributed by atoms with E-state index in [9.17, 15) is 14.9 Å². The molecule has 7 heteroatoms. The lowest BCUT2D eigenvalue weighted by molar-refractivity contribution is -0.384. The van der Waals surface area contributed by atoms with Gasteiger partial charge in [-0.2, -0.15) is 11.8 Å². The molecule has 1 N–H and O–H groups in total. The Hall–Kier alpha value is -1.27. The molecule has 0 atom stereocenters. The Kier molecular flexibility index (Phi) is 5.20. The number of nitrogens with one attached hydrogen (secondary N) is 1. The molecule has 104 valence electrons. The quantitative estimate of drug-likeness (QED) is 0.670. The molecule has 1 aromatic rings. The van der Waals surface area contributed by atoms with Crippen LogP contribution in [0.5, 0.6) is 0 Å². The zero-order valence-corrected chi connectivity index (χ0v) is 12.5. The van der Waals surface area contributed by atoms with Gasteiger partial charge >= 0.3 is 0 Å². The summed E-state index contributed by atoms with van der Waals surface area (Å²) in [6, 6.07) is 4.18. The molecule has 0 aromatic heterocycles. The molecule has 1 rings (SSSR count). The van der Waals surface area contributed by atoms with Gasteiger partial charge in [-0.3, -0.25) is 14.9 Å². The Morgan fingerprint density at radius 3 is 2.68 bits per heavy atom. The second-order valence-electron chi connectivity index (χ2n) is 4.54. The zero-order valence-electron chi connectivity index (χ0n) is 10.9. The highest BCUT2D eigenvalue weighted by Crippen LogP contribution is 2.28. The number of hydrogen-bond acceptors (Lipinski definition) is 4. The van der Waals surface area contributed by atoms with Gasteiger partial charge in [-0.15, -0.1) is 0 Å². The smallest absolute Gasteiger partial charge is 0.288 e.